The second-order valence-electron chi connectivity index (χ2n) is 5.13. The van der Waals surface area contributed by atoms with Gasteiger partial charge in [-0.2, -0.15) is 5.26 Å². The highest BCUT2D eigenvalue weighted by atomic mass is 19.2. The van der Waals surface area contributed by atoms with Crippen LogP contribution in [0.4, 0.5) is 18.9 Å². The molecule has 0 aliphatic heterocycles. The molecule has 0 fully saturated rings. The molecule has 1 aromatic rings. The minimum atomic E-state index is -1.20. The lowest BCUT2D eigenvalue weighted by Crippen LogP contribution is -2.10. The van der Waals surface area contributed by atoms with E-state index in [9.17, 15) is 13.2 Å². The highest BCUT2D eigenvalue weighted by Crippen LogP contribution is 2.22. The first-order valence-electron chi connectivity index (χ1n) is 6.15. The number of hydrogen-bond donors (Lipinski definition) is 1. The van der Waals surface area contributed by atoms with Crippen LogP contribution in [-0.4, -0.2) is 6.54 Å². The lowest BCUT2D eigenvalue weighted by atomic mass is 9.89. The van der Waals surface area contributed by atoms with E-state index in [-0.39, 0.29) is 11.1 Å². The van der Waals surface area contributed by atoms with Crippen LogP contribution >= 0.6 is 0 Å². The minimum Gasteiger partial charge on any atom is -0.383 e. The van der Waals surface area contributed by atoms with Crippen LogP contribution in [0.5, 0.6) is 0 Å². The summed E-state index contributed by atoms with van der Waals surface area (Å²) in [5.41, 5.74) is -0.548. The number of nitriles is 1. The topological polar surface area (TPSA) is 35.8 Å². The Hall–Kier alpha value is -1.70. The standard InChI is InChI=1S/C14H17F3N2/c1-14(2,9-18)5-3-4-6-19-12-8-10(15)7-11(16)13(12)17/h7-8,19H,3-6H2,1-2H3. The number of nitrogens with zero attached hydrogens (tertiary/aromatic N) is 1. The molecule has 2 nitrogen and oxygen atoms in total. The number of unbranched alkanes of at least 4 members (excludes halogenated alkanes) is 1. The predicted molar refractivity (Wildman–Crippen MR) is 68.1 cm³/mol. The monoisotopic (exact) mass is 270 g/mol. The molecule has 0 unspecified atom stereocenters. The van der Waals surface area contributed by atoms with Gasteiger partial charge in [0.05, 0.1) is 17.2 Å². The molecule has 1 N–H and O–H groups in total. The molecule has 1 aromatic carbocycles. The first-order chi connectivity index (χ1) is 8.85. The quantitative estimate of drug-likeness (QED) is 0.620. The minimum absolute atomic E-state index is 0.169. The van der Waals surface area contributed by atoms with Crippen molar-refractivity contribution in [3.8, 4) is 6.07 Å². The number of hydrogen-bond acceptors (Lipinski definition) is 2. The fourth-order valence-corrected chi connectivity index (χ4v) is 1.66. The Balaban J connectivity index is 2.41. The first kappa shape index (κ1) is 15.4. The zero-order chi connectivity index (χ0) is 14.5. The molecular weight excluding hydrogens is 253 g/mol. The SMILES string of the molecule is CC(C)(C#N)CCCCNc1cc(F)cc(F)c1F. The normalized spacial score (nSPS) is 11.2. The summed E-state index contributed by atoms with van der Waals surface area (Å²) in [5, 5.41) is 11.5. The molecular formula is C14H17F3N2. The van der Waals surface area contributed by atoms with Gasteiger partial charge in [-0.25, -0.2) is 13.2 Å². The van der Waals surface area contributed by atoms with Crippen molar-refractivity contribution >= 4 is 5.69 Å². The lowest BCUT2D eigenvalue weighted by molar-refractivity contribution is 0.429. The van der Waals surface area contributed by atoms with Crippen molar-refractivity contribution in [3.05, 3.63) is 29.6 Å². The van der Waals surface area contributed by atoms with Crippen LogP contribution in [0.1, 0.15) is 33.1 Å². The summed E-state index contributed by atoms with van der Waals surface area (Å²) < 4.78 is 39.1. The number of anilines is 1. The van der Waals surface area contributed by atoms with Crippen LogP contribution in [0.25, 0.3) is 0 Å². The fourth-order valence-electron chi connectivity index (χ4n) is 1.66. The van der Waals surface area contributed by atoms with Gasteiger partial charge < -0.3 is 5.32 Å². The molecule has 0 radical (unpaired) electrons. The fraction of sp³-hybridized carbons (Fsp3) is 0.500. The van der Waals surface area contributed by atoms with Gasteiger partial charge in [-0.15, -0.1) is 0 Å². The molecule has 0 saturated carbocycles. The molecule has 1 rings (SSSR count). The molecule has 0 saturated heterocycles. The molecule has 0 aliphatic rings. The van der Waals surface area contributed by atoms with E-state index in [0.29, 0.717) is 19.0 Å². The van der Waals surface area contributed by atoms with Crippen LogP contribution in [0.3, 0.4) is 0 Å². The van der Waals surface area contributed by atoms with E-state index in [4.69, 9.17) is 5.26 Å². The van der Waals surface area contributed by atoms with Crippen molar-refractivity contribution in [1.82, 2.24) is 0 Å². The van der Waals surface area contributed by atoms with E-state index < -0.39 is 17.5 Å². The first-order valence-corrected chi connectivity index (χ1v) is 6.15. The Bertz CT molecular complexity index is 478. The van der Waals surface area contributed by atoms with Crippen LogP contribution in [0.2, 0.25) is 0 Å². The highest BCUT2D eigenvalue weighted by Gasteiger charge is 2.15. The van der Waals surface area contributed by atoms with Crippen molar-refractivity contribution in [1.29, 1.82) is 5.26 Å². The maximum absolute atomic E-state index is 13.3. The Morgan fingerprint density at radius 3 is 2.53 bits per heavy atom. The summed E-state index contributed by atoms with van der Waals surface area (Å²) in [6.07, 6.45) is 2.21. The van der Waals surface area contributed by atoms with Gasteiger partial charge >= 0.3 is 0 Å². The molecule has 0 spiro atoms. The van der Waals surface area contributed by atoms with Crippen LogP contribution < -0.4 is 5.32 Å². The zero-order valence-corrected chi connectivity index (χ0v) is 11.1. The van der Waals surface area contributed by atoms with Crippen molar-refractivity contribution in [3.63, 3.8) is 0 Å². The molecule has 19 heavy (non-hydrogen) atoms. The van der Waals surface area contributed by atoms with E-state index in [1.807, 2.05) is 13.8 Å². The second kappa shape index (κ2) is 6.46. The van der Waals surface area contributed by atoms with E-state index >= 15 is 0 Å². The predicted octanol–water partition coefficient (Wildman–Crippen LogP) is 4.24. The molecule has 5 heteroatoms. The summed E-state index contributed by atoms with van der Waals surface area (Å²) in [4.78, 5) is 0. The smallest absolute Gasteiger partial charge is 0.182 e. The number of rotatable bonds is 6. The Kier molecular flexibility index (Phi) is 5.22. The summed E-state index contributed by atoms with van der Waals surface area (Å²) in [7, 11) is 0. The van der Waals surface area contributed by atoms with Gasteiger partial charge in [0, 0.05) is 18.7 Å². The second-order valence-corrected chi connectivity index (χ2v) is 5.13. The van der Waals surface area contributed by atoms with Crippen LogP contribution in [0.15, 0.2) is 12.1 Å². The molecule has 0 aliphatic carbocycles. The van der Waals surface area contributed by atoms with Gasteiger partial charge in [-0.1, -0.05) is 6.42 Å². The molecule has 0 amide bonds. The summed E-state index contributed by atoms with van der Waals surface area (Å²) >= 11 is 0. The molecule has 104 valence electrons. The average Bonchev–Trinajstić information content (AvgIpc) is 2.34. The van der Waals surface area contributed by atoms with E-state index in [1.54, 1.807) is 0 Å². The summed E-state index contributed by atoms with van der Waals surface area (Å²) in [6.45, 7) is 4.10. The van der Waals surface area contributed by atoms with Gasteiger partial charge in [-0.3, -0.25) is 0 Å². The lowest BCUT2D eigenvalue weighted by Gasteiger charge is -2.14. The molecule has 0 aromatic heterocycles. The maximum atomic E-state index is 13.3. The largest absolute Gasteiger partial charge is 0.383 e. The zero-order valence-electron chi connectivity index (χ0n) is 11.1. The number of halogens is 3. The number of benzene rings is 1. The van der Waals surface area contributed by atoms with Gasteiger partial charge in [0.25, 0.3) is 0 Å². The summed E-state index contributed by atoms with van der Waals surface area (Å²) in [5.74, 6) is -3.08. The van der Waals surface area contributed by atoms with Gasteiger partial charge in [-0.05, 0) is 26.7 Å². The van der Waals surface area contributed by atoms with E-state index in [2.05, 4.69) is 11.4 Å². The van der Waals surface area contributed by atoms with Gasteiger partial charge in [0.1, 0.15) is 5.82 Å². The van der Waals surface area contributed by atoms with Gasteiger partial charge in [0.2, 0.25) is 0 Å². The number of nitrogens with one attached hydrogen (secondary N) is 1. The maximum Gasteiger partial charge on any atom is 0.182 e. The third-order valence-electron chi connectivity index (χ3n) is 2.84. The molecule has 0 heterocycles. The van der Waals surface area contributed by atoms with Crippen LogP contribution in [-0.2, 0) is 0 Å². The van der Waals surface area contributed by atoms with E-state index in [1.165, 1.54) is 0 Å². The van der Waals surface area contributed by atoms with Crippen molar-refractivity contribution in [2.45, 2.75) is 33.1 Å². The Morgan fingerprint density at radius 2 is 1.89 bits per heavy atom. The average molecular weight is 270 g/mol. The van der Waals surface area contributed by atoms with Gasteiger partial charge in [0.15, 0.2) is 11.6 Å². The third kappa shape index (κ3) is 4.82. The molecule has 0 atom stereocenters. The summed E-state index contributed by atoms with van der Waals surface area (Å²) in [6, 6.07) is 3.63. The van der Waals surface area contributed by atoms with Crippen LogP contribution in [0, 0.1) is 34.2 Å². The molecule has 0 bridgehead atoms. The van der Waals surface area contributed by atoms with Crippen molar-refractivity contribution < 1.29 is 13.2 Å². The van der Waals surface area contributed by atoms with E-state index in [0.717, 1.165) is 18.9 Å². The van der Waals surface area contributed by atoms with Crippen molar-refractivity contribution in [2.24, 2.45) is 5.41 Å². The Labute approximate surface area is 111 Å². The Morgan fingerprint density at radius 1 is 1.21 bits per heavy atom. The van der Waals surface area contributed by atoms with Crippen molar-refractivity contribution in [2.75, 3.05) is 11.9 Å². The third-order valence-corrected chi connectivity index (χ3v) is 2.84. The highest BCUT2D eigenvalue weighted by molar-refractivity contribution is 5.45.